The Balaban J connectivity index is 1.07. The number of hydrogen-bond acceptors (Lipinski definition) is 4. The zero-order valence-electron chi connectivity index (χ0n) is 17.0. The van der Waals surface area contributed by atoms with Crippen molar-refractivity contribution in [3.8, 4) is 0 Å². The normalized spacial score (nSPS) is 32.0. The van der Waals surface area contributed by atoms with Gasteiger partial charge in [0, 0.05) is 5.39 Å². The molecule has 1 N–H and O–H groups in total. The van der Waals surface area contributed by atoms with E-state index in [-0.39, 0.29) is 17.4 Å². The number of carboxylic acid groups (broad SMARTS) is 1. The summed E-state index contributed by atoms with van der Waals surface area (Å²) in [6.45, 7) is 0.924. The second-order valence-corrected chi connectivity index (χ2v) is 8.94. The summed E-state index contributed by atoms with van der Waals surface area (Å²) in [6, 6.07) is 12.2. The van der Waals surface area contributed by atoms with Crippen LogP contribution in [0.4, 0.5) is 0 Å². The molecular formula is C26H23NO4. The van der Waals surface area contributed by atoms with Gasteiger partial charge in [-0.05, 0) is 42.5 Å². The van der Waals surface area contributed by atoms with Crippen molar-refractivity contribution in [3.05, 3.63) is 89.9 Å². The number of fused-ring (bicyclic) bond motifs is 3. The van der Waals surface area contributed by atoms with Crippen LogP contribution in [0.15, 0.2) is 84.2 Å². The summed E-state index contributed by atoms with van der Waals surface area (Å²) >= 11 is 0. The van der Waals surface area contributed by atoms with Gasteiger partial charge in [0.15, 0.2) is 0 Å². The Hall–Kier alpha value is -3.18. The smallest absolute Gasteiger partial charge is 0.314 e. The highest BCUT2D eigenvalue weighted by Crippen LogP contribution is 2.58. The number of benzene rings is 1. The van der Waals surface area contributed by atoms with Crippen LogP contribution in [0.25, 0.3) is 10.9 Å². The van der Waals surface area contributed by atoms with E-state index in [1.165, 1.54) is 0 Å². The molecule has 31 heavy (non-hydrogen) atoms. The average Bonchev–Trinajstić information content (AvgIpc) is 3.69. The van der Waals surface area contributed by atoms with E-state index in [1.807, 2.05) is 48.6 Å². The molecule has 4 atom stereocenters. The molecule has 2 fully saturated rings. The molecule has 5 heteroatoms. The van der Waals surface area contributed by atoms with Crippen LogP contribution in [-0.2, 0) is 20.9 Å². The van der Waals surface area contributed by atoms with Crippen LogP contribution < -0.4 is 0 Å². The van der Waals surface area contributed by atoms with Crippen molar-refractivity contribution in [1.82, 2.24) is 4.98 Å². The summed E-state index contributed by atoms with van der Waals surface area (Å²) in [5.41, 5.74) is 1.98. The van der Waals surface area contributed by atoms with Gasteiger partial charge < -0.3 is 14.6 Å². The summed E-state index contributed by atoms with van der Waals surface area (Å²) in [5.74, 6) is 0.549. The molecule has 4 aliphatic carbocycles. The molecule has 0 radical (unpaired) electrons. The average molecular weight is 413 g/mol. The maximum atomic E-state index is 11.4. The summed E-state index contributed by atoms with van der Waals surface area (Å²) < 4.78 is 12.4. The summed E-state index contributed by atoms with van der Waals surface area (Å²) in [4.78, 5) is 16.1. The topological polar surface area (TPSA) is 68.7 Å². The predicted octanol–water partition coefficient (Wildman–Crippen LogP) is 4.57. The monoisotopic (exact) mass is 413 g/mol. The van der Waals surface area contributed by atoms with Gasteiger partial charge in [0.25, 0.3) is 0 Å². The van der Waals surface area contributed by atoms with Crippen LogP contribution in [0, 0.1) is 17.3 Å². The lowest BCUT2D eigenvalue weighted by molar-refractivity contribution is -0.141. The first-order valence-electron chi connectivity index (χ1n) is 10.7. The van der Waals surface area contributed by atoms with Gasteiger partial charge in [-0.2, -0.15) is 0 Å². The zero-order chi connectivity index (χ0) is 21.1. The molecule has 4 aliphatic rings. The Bertz CT molecular complexity index is 1210. The molecule has 0 amide bonds. The van der Waals surface area contributed by atoms with Gasteiger partial charge >= 0.3 is 5.97 Å². The number of allylic oxidation sites excluding steroid dienone is 3. The summed E-state index contributed by atoms with van der Waals surface area (Å²) in [7, 11) is 0. The number of aromatic nitrogens is 1. The highest BCUT2D eigenvalue weighted by molar-refractivity contribution is 5.82. The molecule has 2 aromatic rings. The Morgan fingerprint density at radius 3 is 2.90 bits per heavy atom. The van der Waals surface area contributed by atoms with Crippen molar-refractivity contribution in [2.24, 2.45) is 17.3 Å². The number of hydrogen-bond donors (Lipinski definition) is 1. The van der Waals surface area contributed by atoms with E-state index in [0.717, 1.165) is 34.3 Å². The molecule has 2 saturated carbocycles. The molecule has 156 valence electrons. The third-order valence-electron chi connectivity index (χ3n) is 6.95. The number of pyridine rings is 1. The standard InChI is InChI=1S/C26H23NO4/c28-24(29)25-11-9-17(12-19(25)13-25)15-31-26-10-3-6-23(21(26)14-26)30-16-20-8-7-18-4-1-2-5-22(18)27-20/h1-12,19,21H,13-16H2,(H,28,29). The maximum Gasteiger partial charge on any atom is 0.314 e. The van der Waals surface area contributed by atoms with Crippen molar-refractivity contribution in [2.45, 2.75) is 25.0 Å². The largest absolute Gasteiger partial charge is 0.491 e. The lowest BCUT2D eigenvalue weighted by atomic mass is 9.96. The first-order chi connectivity index (χ1) is 15.1. The maximum absolute atomic E-state index is 11.4. The second kappa shape index (κ2) is 6.66. The minimum Gasteiger partial charge on any atom is -0.491 e. The van der Waals surface area contributed by atoms with Gasteiger partial charge in [0.05, 0.1) is 34.8 Å². The number of carboxylic acids is 1. The second-order valence-electron chi connectivity index (χ2n) is 8.94. The predicted molar refractivity (Wildman–Crippen MR) is 116 cm³/mol. The lowest BCUT2D eigenvalue weighted by Crippen LogP contribution is -2.21. The molecule has 0 spiro atoms. The molecule has 6 rings (SSSR count). The van der Waals surface area contributed by atoms with Crippen molar-refractivity contribution >= 4 is 16.9 Å². The van der Waals surface area contributed by atoms with Crippen LogP contribution >= 0.6 is 0 Å². The van der Waals surface area contributed by atoms with E-state index in [4.69, 9.17) is 9.47 Å². The highest BCUT2D eigenvalue weighted by atomic mass is 16.5. The minimum absolute atomic E-state index is 0.108. The van der Waals surface area contributed by atoms with Gasteiger partial charge in [0.1, 0.15) is 12.4 Å². The molecule has 1 heterocycles. The molecule has 1 aromatic carbocycles. The van der Waals surface area contributed by atoms with Crippen molar-refractivity contribution < 1.29 is 19.4 Å². The number of para-hydroxylation sites is 1. The van der Waals surface area contributed by atoms with Crippen molar-refractivity contribution in [2.75, 3.05) is 6.61 Å². The number of nitrogens with zero attached hydrogens (tertiary/aromatic N) is 1. The van der Waals surface area contributed by atoms with Crippen LogP contribution in [0.3, 0.4) is 0 Å². The minimum atomic E-state index is -0.728. The van der Waals surface area contributed by atoms with Crippen LogP contribution in [0.5, 0.6) is 0 Å². The Labute approximate surface area is 180 Å². The fraction of sp³-hybridized carbons (Fsp3) is 0.308. The number of ether oxygens (including phenoxy) is 2. The van der Waals surface area contributed by atoms with Gasteiger partial charge in [-0.3, -0.25) is 4.79 Å². The van der Waals surface area contributed by atoms with Crippen LogP contribution in [0.1, 0.15) is 18.5 Å². The van der Waals surface area contributed by atoms with E-state index in [1.54, 1.807) is 0 Å². The molecule has 5 nitrogen and oxygen atoms in total. The van der Waals surface area contributed by atoms with Crippen LogP contribution in [0.2, 0.25) is 0 Å². The van der Waals surface area contributed by atoms with E-state index >= 15 is 0 Å². The van der Waals surface area contributed by atoms with E-state index in [0.29, 0.717) is 19.6 Å². The SMILES string of the molecule is O=C(O)C12C=CC(COC34C=CC=C(OCc5ccc6ccccc6n5)C3C4)=CC1C2. The molecule has 4 unspecified atom stereocenters. The molecule has 0 bridgehead atoms. The highest BCUT2D eigenvalue weighted by Gasteiger charge is 2.60. The van der Waals surface area contributed by atoms with E-state index in [2.05, 4.69) is 29.3 Å². The Morgan fingerprint density at radius 1 is 1.13 bits per heavy atom. The van der Waals surface area contributed by atoms with Gasteiger partial charge in [-0.25, -0.2) is 4.98 Å². The summed E-state index contributed by atoms with van der Waals surface area (Å²) in [5, 5.41) is 10.5. The van der Waals surface area contributed by atoms with Crippen LogP contribution in [-0.4, -0.2) is 28.3 Å². The van der Waals surface area contributed by atoms with Crippen molar-refractivity contribution in [3.63, 3.8) is 0 Å². The fourth-order valence-electron chi connectivity index (χ4n) is 4.81. The number of rotatable bonds is 7. The third-order valence-corrected chi connectivity index (χ3v) is 6.95. The quantitative estimate of drug-likeness (QED) is 0.720. The van der Waals surface area contributed by atoms with Gasteiger partial charge in [0.2, 0.25) is 0 Å². The Kier molecular flexibility index (Phi) is 3.99. The van der Waals surface area contributed by atoms with Gasteiger partial charge in [-0.15, -0.1) is 0 Å². The lowest BCUT2D eigenvalue weighted by Gasteiger charge is -2.21. The molecular weight excluding hydrogens is 390 g/mol. The van der Waals surface area contributed by atoms with E-state index < -0.39 is 11.4 Å². The molecule has 0 aliphatic heterocycles. The number of carbonyl (C=O) groups is 1. The zero-order valence-corrected chi connectivity index (χ0v) is 17.0. The number of aliphatic carboxylic acids is 1. The first kappa shape index (κ1) is 18.6. The molecule has 0 saturated heterocycles. The Morgan fingerprint density at radius 2 is 2.03 bits per heavy atom. The fourth-order valence-corrected chi connectivity index (χ4v) is 4.81. The van der Waals surface area contributed by atoms with Crippen molar-refractivity contribution in [1.29, 1.82) is 0 Å². The summed E-state index contributed by atoms with van der Waals surface area (Å²) in [6.07, 6.45) is 13.6. The molecule has 1 aromatic heterocycles. The first-order valence-corrected chi connectivity index (χ1v) is 10.7. The third kappa shape index (κ3) is 3.12. The van der Waals surface area contributed by atoms with Gasteiger partial charge in [-0.1, -0.05) is 54.6 Å². The van der Waals surface area contributed by atoms with E-state index in [9.17, 15) is 9.90 Å².